The zero-order valence-corrected chi connectivity index (χ0v) is 10.9. The second-order valence-corrected chi connectivity index (χ2v) is 4.50. The highest BCUT2D eigenvalue weighted by Crippen LogP contribution is 2.26. The standard InChI is InChI=1S/C11H19N4O3/c1-7(15(3)4)10-6-5-9(13-14-12)11(18-10)17-8(2)16/h7,9-11H,3,5-6H2,1-2,4H3/q+1/t7-,9?,10+,11?/m1/s1. The van der Waals surface area contributed by atoms with Crippen LogP contribution in [0.2, 0.25) is 0 Å². The van der Waals surface area contributed by atoms with Crippen molar-refractivity contribution in [3.05, 3.63) is 10.4 Å². The highest BCUT2D eigenvalue weighted by atomic mass is 16.7. The van der Waals surface area contributed by atoms with E-state index in [0.717, 1.165) is 6.42 Å². The molecule has 0 amide bonds. The molecule has 18 heavy (non-hydrogen) atoms. The van der Waals surface area contributed by atoms with Gasteiger partial charge < -0.3 is 9.47 Å². The Morgan fingerprint density at radius 2 is 2.33 bits per heavy atom. The van der Waals surface area contributed by atoms with Crippen LogP contribution < -0.4 is 0 Å². The maximum absolute atomic E-state index is 11.0. The van der Waals surface area contributed by atoms with E-state index >= 15 is 0 Å². The van der Waals surface area contributed by atoms with Crippen LogP contribution in [0.3, 0.4) is 0 Å². The summed E-state index contributed by atoms with van der Waals surface area (Å²) < 4.78 is 12.5. The van der Waals surface area contributed by atoms with Crippen LogP contribution in [-0.2, 0) is 14.3 Å². The minimum atomic E-state index is -0.806. The van der Waals surface area contributed by atoms with Crippen molar-refractivity contribution in [2.75, 3.05) is 7.05 Å². The molecule has 2 unspecified atom stereocenters. The molecule has 1 fully saturated rings. The summed E-state index contributed by atoms with van der Waals surface area (Å²) in [6.07, 6.45) is 0.467. The lowest BCUT2D eigenvalue weighted by molar-refractivity contribution is -0.542. The van der Waals surface area contributed by atoms with Gasteiger partial charge in [0.2, 0.25) is 6.29 Å². The van der Waals surface area contributed by atoms with Crippen molar-refractivity contribution in [3.8, 4) is 0 Å². The molecule has 0 aromatic carbocycles. The number of likely N-dealkylation sites (N-methyl/N-ethyl adjacent to an activating group) is 1. The fourth-order valence-corrected chi connectivity index (χ4v) is 1.89. The smallest absolute Gasteiger partial charge is 0.304 e. The van der Waals surface area contributed by atoms with Gasteiger partial charge in [-0.1, -0.05) is 5.11 Å². The number of carbonyl (C=O) groups excluding carboxylic acids is 1. The summed E-state index contributed by atoms with van der Waals surface area (Å²) in [4.78, 5) is 13.8. The Balaban J connectivity index is 2.75. The summed E-state index contributed by atoms with van der Waals surface area (Å²) >= 11 is 0. The molecule has 0 aromatic rings. The lowest BCUT2D eigenvalue weighted by Gasteiger charge is -2.34. The summed E-state index contributed by atoms with van der Waals surface area (Å²) in [6, 6.07) is -0.368. The first-order valence-electron chi connectivity index (χ1n) is 5.86. The van der Waals surface area contributed by atoms with Crippen molar-refractivity contribution < 1.29 is 18.8 Å². The van der Waals surface area contributed by atoms with Gasteiger partial charge in [-0.2, -0.15) is 0 Å². The normalized spacial score (nSPS) is 28.9. The van der Waals surface area contributed by atoms with E-state index in [2.05, 4.69) is 16.7 Å². The van der Waals surface area contributed by atoms with E-state index in [-0.39, 0.29) is 12.1 Å². The summed E-state index contributed by atoms with van der Waals surface area (Å²) in [5, 5.41) is 3.61. The monoisotopic (exact) mass is 255 g/mol. The molecule has 1 heterocycles. The first-order chi connectivity index (χ1) is 8.45. The molecule has 0 saturated carbocycles. The maximum Gasteiger partial charge on any atom is 0.304 e. The van der Waals surface area contributed by atoms with Crippen LogP contribution in [0.15, 0.2) is 5.11 Å². The highest BCUT2D eigenvalue weighted by molar-refractivity contribution is 5.66. The van der Waals surface area contributed by atoms with Crippen molar-refractivity contribution in [2.45, 2.75) is 51.2 Å². The quantitative estimate of drug-likeness (QED) is 0.190. The topological polar surface area (TPSA) is 87.3 Å². The minimum Gasteiger partial charge on any atom is -0.435 e. The summed E-state index contributed by atoms with van der Waals surface area (Å²) in [7, 11) is 1.86. The van der Waals surface area contributed by atoms with Crippen LogP contribution in [0.4, 0.5) is 0 Å². The lowest BCUT2D eigenvalue weighted by Crippen LogP contribution is -2.46. The van der Waals surface area contributed by atoms with E-state index in [1.807, 2.05) is 14.0 Å². The first kappa shape index (κ1) is 14.5. The Morgan fingerprint density at radius 3 is 2.83 bits per heavy atom. The van der Waals surface area contributed by atoms with Crippen molar-refractivity contribution in [3.63, 3.8) is 0 Å². The minimum absolute atomic E-state index is 0.0927. The molecular weight excluding hydrogens is 236 g/mol. The van der Waals surface area contributed by atoms with Gasteiger partial charge in [-0.15, -0.1) is 0 Å². The summed E-state index contributed by atoms with van der Waals surface area (Å²) in [5.41, 5.74) is 8.48. The predicted octanol–water partition coefficient (Wildman–Crippen LogP) is 1.46. The number of esters is 1. The van der Waals surface area contributed by atoms with Gasteiger partial charge in [-0.3, -0.25) is 4.79 Å². The van der Waals surface area contributed by atoms with E-state index < -0.39 is 18.3 Å². The van der Waals surface area contributed by atoms with Gasteiger partial charge >= 0.3 is 5.97 Å². The van der Waals surface area contributed by atoms with Crippen molar-refractivity contribution >= 4 is 12.7 Å². The average Bonchev–Trinajstić information content (AvgIpc) is 2.30. The van der Waals surface area contributed by atoms with E-state index in [0.29, 0.717) is 6.42 Å². The van der Waals surface area contributed by atoms with E-state index in [4.69, 9.17) is 15.0 Å². The maximum atomic E-state index is 11.0. The third kappa shape index (κ3) is 3.72. The fraction of sp³-hybridized carbons (Fsp3) is 0.818. The Kier molecular flexibility index (Phi) is 5.12. The second-order valence-electron chi connectivity index (χ2n) is 4.50. The van der Waals surface area contributed by atoms with Gasteiger partial charge in [0, 0.05) is 11.8 Å². The Hall–Kier alpha value is -1.59. The molecule has 1 aliphatic heterocycles. The van der Waals surface area contributed by atoms with Gasteiger partial charge in [0.05, 0.1) is 0 Å². The van der Waals surface area contributed by atoms with E-state index in [9.17, 15) is 4.79 Å². The molecule has 1 rings (SSSR count). The molecule has 0 bridgehead atoms. The Bertz CT molecular complexity index is 378. The molecule has 0 spiro atoms. The zero-order chi connectivity index (χ0) is 13.7. The van der Waals surface area contributed by atoms with Gasteiger partial charge in [0.25, 0.3) is 0 Å². The molecule has 100 valence electrons. The molecular formula is C11H19N4O3+. The number of hydrogen-bond donors (Lipinski definition) is 0. The molecule has 0 aromatic heterocycles. The number of rotatable bonds is 4. The zero-order valence-electron chi connectivity index (χ0n) is 10.9. The van der Waals surface area contributed by atoms with Crippen LogP contribution in [0.5, 0.6) is 0 Å². The van der Waals surface area contributed by atoms with Gasteiger partial charge in [0.1, 0.15) is 25.9 Å². The Morgan fingerprint density at radius 1 is 1.67 bits per heavy atom. The third-order valence-electron chi connectivity index (χ3n) is 3.09. The van der Waals surface area contributed by atoms with Gasteiger partial charge in [-0.25, -0.2) is 4.58 Å². The van der Waals surface area contributed by atoms with Crippen molar-refractivity contribution in [2.24, 2.45) is 5.11 Å². The van der Waals surface area contributed by atoms with Crippen LogP contribution >= 0.6 is 0 Å². The van der Waals surface area contributed by atoms with Gasteiger partial charge in [-0.05, 0) is 25.3 Å². The number of carbonyl (C=O) groups is 1. The molecule has 0 radical (unpaired) electrons. The van der Waals surface area contributed by atoms with Crippen molar-refractivity contribution in [1.82, 2.24) is 0 Å². The van der Waals surface area contributed by atoms with Crippen LogP contribution in [0.25, 0.3) is 10.4 Å². The SMILES string of the molecule is C=[N+](C)[C@H](C)[C@@H]1CCC(N=[N+]=[N-])C(OC(C)=O)O1. The predicted molar refractivity (Wildman–Crippen MR) is 65.4 cm³/mol. The number of hydrogen-bond acceptors (Lipinski definition) is 4. The number of ether oxygens (including phenoxy) is 2. The second kappa shape index (κ2) is 6.37. The van der Waals surface area contributed by atoms with E-state index in [1.165, 1.54) is 6.92 Å². The van der Waals surface area contributed by atoms with Crippen LogP contribution in [0, 0.1) is 0 Å². The fourth-order valence-electron chi connectivity index (χ4n) is 1.89. The number of azide groups is 1. The average molecular weight is 255 g/mol. The highest BCUT2D eigenvalue weighted by Gasteiger charge is 2.37. The molecule has 0 N–H and O–H groups in total. The van der Waals surface area contributed by atoms with E-state index in [1.54, 1.807) is 4.58 Å². The molecule has 1 aliphatic rings. The molecule has 7 nitrogen and oxygen atoms in total. The number of nitrogens with zero attached hydrogens (tertiary/aromatic N) is 4. The third-order valence-corrected chi connectivity index (χ3v) is 3.09. The largest absolute Gasteiger partial charge is 0.435 e. The van der Waals surface area contributed by atoms with Crippen molar-refractivity contribution in [1.29, 1.82) is 0 Å². The van der Waals surface area contributed by atoms with Crippen LogP contribution in [0.1, 0.15) is 26.7 Å². The van der Waals surface area contributed by atoms with Gasteiger partial charge in [0.15, 0.2) is 6.04 Å². The molecule has 4 atom stereocenters. The molecule has 7 heteroatoms. The van der Waals surface area contributed by atoms with Crippen LogP contribution in [-0.4, -0.2) is 48.8 Å². The first-order valence-corrected chi connectivity index (χ1v) is 5.86. The summed E-state index contributed by atoms with van der Waals surface area (Å²) in [5.74, 6) is -0.450. The molecule has 0 aliphatic carbocycles. The molecule has 1 saturated heterocycles. The Labute approximate surface area is 106 Å². The summed E-state index contributed by atoms with van der Waals surface area (Å²) in [6.45, 7) is 7.10. The lowest BCUT2D eigenvalue weighted by atomic mass is 9.99.